The van der Waals surface area contributed by atoms with E-state index < -0.39 is 0 Å². The Morgan fingerprint density at radius 1 is 1.44 bits per heavy atom. The first-order valence-electron chi connectivity index (χ1n) is 6.74. The molecule has 1 aromatic heterocycles. The molecular formula is C15H21N3. The molecule has 0 saturated heterocycles. The molecule has 96 valence electrons. The van der Waals surface area contributed by atoms with E-state index >= 15 is 0 Å². The van der Waals surface area contributed by atoms with Crippen molar-refractivity contribution in [2.24, 2.45) is 11.8 Å². The molecule has 1 fully saturated rings. The van der Waals surface area contributed by atoms with Gasteiger partial charge in [-0.15, -0.1) is 0 Å². The highest BCUT2D eigenvalue weighted by atomic mass is 15.0. The molecule has 2 rings (SSSR count). The van der Waals surface area contributed by atoms with Crippen LogP contribution in [0.5, 0.6) is 0 Å². The molecule has 0 amide bonds. The van der Waals surface area contributed by atoms with Crippen molar-refractivity contribution in [1.82, 2.24) is 4.98 Å². The van der Waals surface area contributed by atoms with Gasteiger partial charge < -0.3 is 5.32 Å². The maximum atomic E-state index is 9.20. The number of nitriles is 1. The molecule has 18 heavy (non-hydrogen) atoms. The van der Waals surface area contributed by atoms with Gasteiger partial charge in [0.05, 0.1) is 5.56 Å². The lowest BCUT2D eigenvalue weighted by atomic mass is 9.98. The molecule has 0 radical (unpaired) electrons. The third-order valence-electron chi connectivity index (χ3n) is 4.03. The van der Waals surface area contributed by atoms with E-state index in [9.17, 15) is 5.26 Å². The average Bonchev–Trinajstić information content (AvgIpc) is 2.71. The second-order valence-electron chi connectivity index (χ2n) is 5.47. The van der Waals surface area contributed by atoms with Crippen LogP contribution in [0.4, 0.5) is 5.82 Å². The molecule has 0 aromatic carbocycles. The predicted molar refractivity (Wildman–Crippen MR) is 73.4 cm³/mol. The Kier molecular flexibility index (Phi) is 3.86. The van der Waals surface area contributed by atoms with E-state index in [-0.39, 0.29) is 0 Å². The Morgan fingerprint density at radius 2 is 2.22 bits per heavy atom. The van der Waals surface area contributed by atoms with E-state index in [1.165, 1.54) is 19.3 Å². The van der Waals surface area contributed by atoms with E-state index in [1.807, 2.05) is 19.9 Å². The van der Waals surface area contributed by atoms with Gasteiger partial charge in [-0.25, -0.2) is 4.98 Å². The number of hydrogen-bond acceptors (Lipinski definition) is 3. The highest BCUT2D eigenvalue weighted by molar-refractivity contribution is 5.56. The molecule has 1 aliphatic rings. The third-order valence-corrected chi connectivity index (χ3v) is 4.03. The average molecular weight is 243 g/mol. The smallest absolute Gasteiger partial charge is 0.144 e. The fourth-order valence-corrected chi connectivity index (χ4v) is 2.86. The van der Waals surface area contributed by atoms with E-state index in [0.717, 1.165) is 35.5 Å². The molecule has 1 saturated carbocycles. The summed E-state index contributed by atoms with van der Waals surface area (Å²) < 4.78 is 0. The molecule has 3 nitrogen and oxygen atoms in total. The first-order valence-corrected chi connectivity index (χ1v) is 6.74. The molecule has 1 N–H and O–H groups in total. The van der Waals surface area contributed by atoms with Crippen molar-refractivity contribution >= 4 is 5.82 Å². The van der Waals surface area contributed by atoms with Gasteiger partial charge in [-0.3, -0.25) is 0 Å². The quantitative estimate of drug-likeness (QED) is 0.885. The van der Waals surface area contributed by atoms with Crippen molar-refractivity contribution in [3.8, 4) is 6.07 Å². The lowest BCUT2D eigenvalue weighted by Crippen LogP contribution is -2.18. The molecule has 0 aliphatic heterocycles. The van der Waals surface area contributed by atoms with Crippen LogP contribution in [0.2, 0.25) is 0 Å². The lowest BCUT2D eigenvalue weighted by Gasteiger charge is -2.17. The van der Waals surface area contributed by atoms with Crippen LogP contribution in [0, 0.1) is 37.0 Å². The number of rotatable bonds is 3. The molecule has 0 bridgehead atoms. The minimum atomic E-state index is 0.686. The minimum Gasteiger partial charge on any atom is -0.369 e. The summed E-state index contributed by atoms with van der Waals surface area (Å²) in [6.45, 7) is 7.19. The Balaban J connectivity index is 2.11. The molecule has 2 atom stereocenters. The minimum absolute atomic E-state index is 0.686. The summed E-state index contributed by atoms with van der Waals surface area (Å²) >= 11 is 0. The molecule has 2 unspecified atom stereocenters. The van der Waals surface area contributed by atoms with Gasteiger partial charge >= 0.3 is 0 Å². The summed E-state index contributed by atoms with van der Waals surface area (Å²) in [7, 11) is 0. The van der Waals surface area contributed by atoms with Crippen LogP contribution < -0.4 is 5.32 Å². The number of aryl methyl sites for hydroxylation is 2. The van der Waals surface area contributed by atoms with Crippen LogP contribution in [-0.4, -0.2) is 11.5 Å². The summed E-state index contributed by atoms with van der Waals surface area (Å²) in [5, 5.41) is 12.6. The highest BCUT2D eigenvalue weighted by Gasteiger charge is 2.23. The number of nitrogens with one attached hydrogen (secondary N) is 1. The van der Waals surface area contributed by atoms with Crippen LogP contribution >= 0.6 is 0 Å². The van der Waals surface area contributed by atoms with Crippen LogP contribution in [0.1, 0.15) is 43.0 Å². The number of aromatic nitrogens is 1. The Morgan fingerprint density at radius 3 is 2.83 bits per heavy atom. The maximum absolute atomic E-state index is 9.20. The van der Waals surface area contributed by atoms with Gasteiger partial charge in [0.15, 0.2) is 0 Å². The number of hydrogen-bond donors (Lipinski definition) is 1. The van der Waals surface area contributed by atoms with Crippen molar-refractivity contribution in [2.45, 2.75) is 40.0 Å². The normalized spacial score (nSPS) is 22.8. The van der Waals surface area contributed by atoms with Gasteiger partial charge in [-0.2, -0.15) is 5.26 Å². The summed E-state index contributed by atoms with van der Waals surface area (Å²) in [6, 6.07) is 4.21. The fraction of sp³-hybridized carbons (Fsp3) is 0.600. The summed E-state index contributed by atoms with van der Waals surface area (Å²) in [4.78, 5) is 4.46. The first-order chi connectivity index (χ1) is 8.61. The van der Waals surface area contributed by atoms with E-state index in [1.54, 1.807) is 0 Å². The molecule has 3 heteroatoms. The van der Waals surface area contributed by atoms with Crippen LogP contribution in [0.15, 0.2) is 6.07 Å². The van der Waals surface area contributed by atoms with Gasteiger partial charge in [-0.1, -0.05) is 19.8 Å². The van der Waals surface area contributed by atoms with Crippen molar-refractivity contribution in [3.63, 3.8) is 0 Å². The van der Waals surface area contributed by atoms with Gasteiger partial charge in [0.1, 0.15) is 11.9 Å². The zero-order chi connectivity index (χ0) is 13.1. The van der Waals surface area contributed by atoms with Gasteiger partial charge in [0.25, 0.3) is 0 Å². The van der Waals surface area contributed by atoms with Crippen molar-refractivity contribution in [3.05, 3.63) is 22.9 Å². The summed E-state index contributed by atoms with van der Waals surface area (Å²) in [6.07, 6.45) is 3.96. The topological polar surface area (TPSA) is 48.7 Å². The second kappa shape index (κ2) is 5.39. The molecular weight excluding hydrogens is 222 g/mol. The Labute approximate surface area is 109 Å². The van der Waals surface area contributed by atoms with Gasteiger partial charge in [0, 0.05) is 12.2 Å². The van der Waals surface area contributed by atoms with Crippen LogP contribution in [0.3, 0.4) is 0 Å². The standard InChI is InChI=1S/C15H21N3/c1-10-5-4-6-13(10)9-17-15-14(8-16)11(2)7-12(3)18-15/h7,10,13H,4-6,9H2,1-3H3,(H,17,18). The zero-order valence-electron chi connectivity index (χ0n) is 11.5. The van der Waals surface area contributed by atoms with Crippen molar-refractivity contribution in [1.29, 1.82) is 5.26 Å². The number of pyridine rings is 1. The highest BCUT2D eigenvalue weighted by Crippen LogP contribution is 2.31. The first kappa shape index (κ1) is 12.9. The van der Waals surface area contributed by atoms with Crippen molar-refractivity contribution in [2.75, 3.05) is 11.9 Å². The Hall–Kier alpha value is -1.56. The van der Waals surface area contributed by atoms with E-state index in [4.69, 9.17) is 0 Å². The van der Waals surface area contributed by atoms with Crippen LogP contribution in [-0.2, 0) is 0 Å². The SMILES string of the molecule is Cc1cc(C)c(C#N)c(NCC2CCCC2C)n1. The summed E-state index contributed by atoms with van der Waals surface area (Å²) in [5.74, 6) is 2.27. The number of anilines is 1. The fourth-order valence-electron chi connectivity index (χ4n) is 2.86. The van der Waals surface area contributed by atoms with E-state index in [0.29, 0.717) is 5.56 Å². The molecule has 1 aliphatic carbocycles. The monoisotopic (exact) mass is 243 g/mol. The summed E-state index contributed by atoms with van der Waals surface area (Å²) in [5.41, 5.74) is 2.66. The maximum Gasteiger partial charge on any atom is 0.144 e. The Bertz CT molecular complexity index is 473. The zero-order valence-corrected chi connectivity index (χ0v) is 11.5. The lowest BCUT2D eigenvalue weighted by molar-refractivity contribution is 0.439. The predicted octanol–water partition coefficient (Wildman–Crippen LogP) is 3.42. The van der Waals surface area contributed by atoms with Gasteiger partial charge in [-0.05, 0) is 43.7 Å². The number of nitrogens with zero attached hydrogens (tertiary/aromatic N) is 2. The van der Waals surface area contributed by atoms with E-state index in [2.05, 4.69) is 23.3 Å². The van der Waals surface area contributed by atoms with Crippen molar-refractivity contribution < 1.29 is 0 Å². The third kappa shape index (κ3) is 2.64. The molecule has 1 heterocycles. The van der Waals surface area contributed by atoms with Gasteiger partial charge in [0.2, 0.25) is 0 Å². The molecule has 1 aromatic rings. The second-order valence-corrected chi connectivity index (χ2v) is 5.47. The molecule has 0 spiro atoms. The largest absolute Gasteiger partial charge is 0.369 e. The van der Waals surface area contributed by atoms with Crippen LogP contribution in [0.25, 0.3) is 0 Å².